The highest BCUT2D eigenvalue weighted by molar-refractivity contribution is 5.74. The average molecular weight is 209 g/mol. The summed E-state index contributed by atoms with van der Waals surface area (Å²) in [4.78, 5) is 10.8. The fraction of sp³-hybridized carbons (Fsp3) is 0.300. The van der Waals surface area contributed by atoms with Gasteiger partial charge in [-0.1, -0.05) is 12.1 Å². The molecule has 1 fully saturated rings. The molecule has 0 saturated carbocycles. The van der Waals surface area contributed by atoms with Gasteiger partial charge in [-0.3, -0.25) is 5.43 Å². The van der Waals surface area contributed by atoms with Crippen molar-refractivity contribution < 1.29 is 9.18 Å². The SMILES string of the molecule is O=C1NC[C@H](Cc2ccc(F)cc2)NN1. The lowest BCUT2D eigenvalue weighted by Crippen LogP contribution is -2.59. The van der Waals surface area contributed by atoms with Crippen LogP contribution in [0.3, 0.4) is 0 Å². The van der Waals surface area contributed by atoms with E-state index >= 15 is 0 Å². The van der Waals surface area contributed by atoms with Crippen LogP contribution in [-0.2, 0) is 6.42 Å². The molecule has 1 atom stereocenters. The summed E-state index contributed by atoms with van der Waals surface area (Å²) in [7, 11) is 0. The van der Waals surface area contributed by atoms with Crippen molar-refractivity contribution in [2.45, 2.75) is 12.5 Å². The zero-order chi connectivity index (χ0) is 10.7. The van der Waals surface area contributed by atoms with Gasteiger partial charge in [0.2, 0.25) is 0 Å². The van der Waals surface area contributed by atoms with E-state index in [-0.39, 0.29) is 17.9 Å². The fourth-order valence-corrected chi connectivity index (χ4v) is 1.51. The van der Waals surface area contributed by atoms with Gasteiger partial charge in [-0.25, -0.2) is 14.6 Å². The van der Waals surface area contributed by atoms with Crippen molar-refractivity contribution in [3.05, 3.63) is 35.6 Å². The van der Waals surface area contributed by atoms with E-state index in [2.05, 4.69) is 16.2 Å². The Kier molecular flexibility index (Phi) is 2.82. The van der Waals surface area contributed by atoms with E-state index in [1.807, 2.05) is 0 Å². The predicted molar refractivity (Wildman–Crippen MR) is 53.6 cm³/mol. The Morgan fingerprint density at radius 1 is 1.33 bits per heavy atom. The highest BCUT2D eigenvalue weighted by Crippen LogP contribution is 2.05. The monoisotopic (exact) mass is 209 g/mol. The Morgan fingerprint density at radius 3 is 2.67 bits per heavy atom. The third-order valence-electron chi connectivity index (χ3n) is 2.29. The second kappa shape index (κ2) is 4.27. The van der Waals surface area contributed by atoms with E-state index in [0.29, 0.717) is 6.54 Å². The van der Waals surface area contributed by atoms with Crippen molar-refractivity contribution in [2.24, 2.45) is 0 Å². The van der Waals surface area contributed by atoms with Gasteiger partial charge in [-0.2, -0.15) is 0 Å². The normalized spacial score (nSPS) is 20.6. The summed E-state index contributed by atoms with van der Waals surface area (Å²) in [5, 5.41) is 2.68. The number of halogens is 1. The molecule has 0 aromatic heterocycles. The summed E-state index contributed by atoms with van der Waals surface area (Å²) >= 11 is 0. The van der Waals surface area contributed by atoms with Gasteiger partial charge in [-0.05, 0) is 24.1 Å². The molecule has 0 aliphatic carbocycles. The topological polar surface area (TPSA) is 53.2 Å². The minimum absolute atomic E-state index is 0.133. The van der Waals surface area contributed by atoms with Crippen molar-refractivity contribution in [3.8, 4) is 0 Å². The number of benzene rings is 1. The first-order chi connectivity index (χ1) is 7.24. The van der Waals surface area contributed by atoms with Crippen molar-refractivity contribution in [2.75, 3.05) is 6.54 Å². The molecular formula is C10H12FN3O. The Labute approximate surface area is 86.8 Å². The summed E-state index contributed by atoms with van der Waals surface area (Å²) in [6.07, 6.45) is 0.744. The standard InChI is InChI=1S/C10H12FN3O/c11-8-3-1-7(2-4-8)5-9-6-12-10(15)14-13-9/h1-4,9,13H,5-6H2,(H2,12,14,15)/t9-/m0/s1. The molecule has 3 N–H and O–H groups in total. The van der Waals surface area contributed by atoms with E-state index in [1.165, 1.54) is 12.1 Å². The predicted octanol–water partition coefficient (Wildman–Crippen LogP) is 0.554. The molecule has 1 saturated heterocycles. The van der Waals surface area contributed by atoms with Crippen molar-refractivity contribution >= 4 is 6.03 Å². The molecule has 2 rings (SSSR count). The maximum atomic E-state index is 12.6. The number of hydrogen-bond acceptors (Lipinski definition) is 2. The van der Waals surface area contributed by atoms with E-state index in [4.69, 9.17) is 0 Å². The van der Waals surface area contributed by atoms with Crippen LogP contribution in [0, 0.1) is 5.82 Å². The molecular weight excluding hydrogens is 197 g/mol. The molecule has 15 heavy (non-hydrogen) atoms. The summed E-state index contributed by atoms with van der Waals surface area (Å²) in [5.41, 5.74) is 6.40. The quantitative estimate of drug-likeness (QED) is 0.666. The van der Waals surface area contributed by atoms with Gasteiger partial charge < -0.3 is 5.32 Å². The lowest BCUT2D eigenvalue weighted by Gasteiger charge is -2.24. The summed E-state index contributed by atoms with van der Waals surface area (Å²) < 4.78 is 12.6. The zero-order valence-corrected chi connectivity index (χ0v) is 8.09. The smallest absolute Gasteiger partial charge is 0.329 e. The summed E-state index contributed by atoms with van der Waals surface area (Å²) in [6, 6.07) is 6.27. The fourth-order valence-electron chi connectivity index (χ4n) is 1.51. The van der Waals surface area contributed by atoms with Gasteiger partial charge in [0.25, 0.3) is 0 Å². The van der Waals surface area contributed by atoms with Crippen LogP contribution in [0.2, 0.25) is 0 Å². The van der Waals surface area contributed by atoms with Crippen LogP contribution in [0.1, 0.15) is 5.56 Å². The number of hydrazine groups is 1. The first kappa shape index (κ1) is 9.92. The molecule has 1 aromatic carbocycles. The van der Waals surface area contributed by atoms with Gasteiger partial charge in [0.05, 0.1) is 0 Å². The number of rotatable bonds is 2. The van der Waals surface area contributed by atoms with Crippen molar-refractivity contribution in [1.29, 1.82) is 0 Å². The lowest BCUT2D eigenvalue weighted by atomic mass is 10.1. The van der Waals surface area contributed by atoms with E-state index in [1.54, 1.807) is 12.1 Å². The van der Waals surface area contributed by atoms with Gasteiger partial charge in [-0.15, -0.1) is 0 Å². The molecule has 0 radical (unpaired) electrons. The second-order valence-corrected chi connectivity index (χ2v) is 3.51. The highest BCUT2D eigenvalue weighted by Gasteiger charge is 2.16. The molecule has 1 aromatic rings. The molecule has 5 heteroatoms. The van der Waals surface area contributed by atoms with Crippen LogP contribution in [0.15, 0.2) is 24.3 Å². The number of amides is 2. The maximum Gasteiger partial charge on any atom is 0.329 e. The number of nitrogens with one attached hydrogen (secondary N) is 3. The van der Waals surface area contributed by atoms with Crippen molar-refractivity contribution in [3.63, 3.8) is 0 Å². The van der Waals surface area contributed by atoms with Crippen LogP contribution in [0.4, 0.5) is 9.18 Å². The van der Waals surface area contributed by atoms with E-state index < -0.39 is 0 Å². The molecule has 1 heterocycles. The maximum absolute atomic E-state index is 12.6. The van der Waals surface area contributed by atoms with Crippen molar-refractivity contribution in [1.82, 2.24) is 16.2 Å². The number of carbonyl (C=O) groups is 1. The molecule has 4 nitrogen and oxygen atoms in total. The van der Waals surface area contributed by atoms with Crippen LogP contribution < -0.4 is 16.2 Å². The van der Waals surface area contributed by atoms with Gasteiger partial charge in [0.15, 0.2) is 0 Å². The number of hydrogen-bond donors (Lipinski definition) is 3. The van der Waals surface area contributed by atoms with Crippen LogP contribution in [-0.4, -0.2) is 18.6 Å². The molecule has 80 valence electrons. The first-order valence-corrected chi connectivity index (χ1v) is 4.78. The lowest BCUT2D eigenvalue weighted by molar-refractivity contribution is 0.222. The van der Waals surface area contributed by atoms with Gasteiger partial charge in [0.1, 0.15) is 5.82 Å². The zero-order valence-electron chi connectivity index (χ0n) is 8.09. The highest BCUT2D eigenvalue weighted by atomic mass is 19.1. The van der Waals surface area contributed by atoms with Gasteiger partial charge >= 0.3 is 6.03 Å². The minimum Gasteiger partial charge on any atom is -0.335 e. The number of carbonyl (C=O) groups excluding carboxylic acids is 1. The Hall–Kier alpha value is -1.62. The van der Waals surface area contributed by atoms with Gasteiger partial charge in [0, 0.05) is 12.6 Å². The summed E-state index contributed by atoms with van der Waals surface area (Å²) in [6.45, 7) is 0.573. The van der Waals surface area contributed by atoms with Crippen LogP contribution in [0.5, 0.6) is 0 Å². The van der Waals surface area contributed by atoms with Crippen LogP contribution in [0.25, 0.3) is 0 Å². The van der Waals surface area contributed by atoms with Crippen LogP contribution >= 0.6 is 0 Å². The Morgan fingerprint density at radius 2 is 2.07 bits per heavy atom. The average Bonchev–Trinajstić information content (AvgIpc) is 2.25. The Bertz CT molecular complexity index is 342. The molecule has 1 aliphatic heterocycles. The largest absolute Gasteiger partial charge is 0.335 e. The molecule has 0 bridgehead atoms. The van der Waals surface area contributed by atoms with E-state index in [0.717, 1.165) is 12.0 Å². The molecule has 2 amide bonds. The summed E-state index contributed by atoms with van der Waals surface area (Å²) in [5.74, 6) is -0.234. The Balaban J connectivity index is 1.91. The van der Waals surface area contributed by atoms with E-state index in [9.17, 15) is 9.18 Å². The molecule has 1 aliphatic rings. The molecule has 0 unspecified atom stereocenters. The number of urea groups is 1. The third kappa shape index (κ3) is 2.66. The molecule has 0 spiro atoms. The first-order valence-electron chi connectivity index (χ1n) is 4.78. The third-order valence-corrected chi connectivity index (χ3v) is 2.29. The second-order valence-electron chi connectivity index (χ2n) is 3.51. The minimum atomic E-state index is -0.234.